The third-order valence-corrected chi connectivity index (χ3v) is 5.53. The molecule has 0 spiro atoms. The van der Waals surface area contributed by atoms with Crippen molar-refractivity contribution in [2.45, 2.75) is 84.0 Å². The summed E-state index contributed by atoms with van der Waals surface area (Å²) in [6.45, 7) is 11.5. The van der Waals surface area contributed by atoms with Crippen LogP contribution in [-0.4, -0.2) is 69.0 Å². The second kappa shape index (κ2) is 10.9. The number of hydrogen-bond acceptors (Lipinski definition) is 7. The highest BCUT2D eigenvalue weighted by Crippen LogP contribution is 2.11. The summed E-state index contributed by atoms with van der Waals surface area (Å²) < 4.78 is 0. The van der Waals surface area contributed by atoms with Crippen LogP contribution < -0.4 is 21.7 Å². The van der Waals surface area contributed by atoms with Gasteiger partial charge < -0.3 is 10.3 Å². The average molecular weight is 450 g/mol. The zero-order valence-corrected chi connectivity index (χ0v) is 20.1. The molecular weight excluding hydrogens is 412 g/mol. The fourth-order valence-corrected chi connectivity index (χ4v) is 2.86. The largest absolute Gasteiger partial charge is 0.348 e. The molecule has 10 nitrogen and oxygen atoms in total. The van der Waals surface area contributed by atoms with Crippen molar-refractivity contribution in [2.75, 3.05) is 13.1 Å². The van der Waals surface area contributed by atoms with Gasteiger partial charge in [-0.15, -0.1) is 0 Å². The maximum Gasteiger partial charge on any atom is 0.239 e. The van der Waals surface area contributed by atoms with E-state index in [2.05, 4.69) is 25.9 Å². The number of nitrogens with zero attached hydrogens (tertiary/aromatic N) is 1. The number of rotatable bonds is 14. The van der Waals surface area contributed by atoms with Gasteiger partial charge in [0.2, 0.25) is 5.91 Å². The summed E-state index contributed by atoms with van der Waals surface area (Å²) in [6.07, 6.45) is 3.54. The van der Waals surface area contributed by atoms with Crippen molar-refractivity contribution < 1.29 is 19.2 Å². The molecule has 0 aromatic carbocycles. The number of aromatic nitrogens is 2. The van der Waals surface area contributed by atoms with Crippen LogP contribution in [0.3, 0.4) is 0 Å². The number of carbonyl (C=O) groups is 4. The predicted molar refractivity (Wildman–Crippen MR) is 121 cm³/mol. The van der Waals surface area contributed by atoms with E-state index < -0.39 is 28.6 Å². The molecule has 0 aliphatic heterocycles. The van der Waals surface area contributed by atoms with Gasteiger partial charge in [-0.25, -0.2) is 10.7 Å². The fraction of sp³-hybridized carbons (Fsp3) is 0.682. The third kappa shape index (κ3) is 7.92. The van der Waals surface area contributed by atoms with Crippen LogP contribution in [0.5, 0.6) is 0 Å². The lowest BCUT2D eigenvalue weighted by molar-refractivity contribution is -0.132. The number of H-pyrrole nitrogens is 1. The van der Waals surface area contributed by atoms with E-state index in [0.29, 0.717) is 12.1 Å². The Labute approximate surface area is 189 Å². The van der Waals surface area contributed by atoms with Crippen molar-refractivity contribution in [1.82, 2.24) is 31.7 Å². The molecule has 0 fully saturated rings. The standard InChI is InChI=1S/C22H37N6O4/c1-8-16(29)20(2,3)26-11-17(30)21(4,5)27-12-18(31)22(6,7)28-19(32)15(23)9-14-10-24-13-25-14/h10,13,15,23,26-27H,8-9,11-12H2,1-7H3,(H,24,25)(H,28,32)/t15-/m0/s1. The van der Waals surface area contributed by atoms with E-state index >= 15 is 0 Å². The second-order valence-corrected chi connectivity index (χ2v) is 9.53. The molecule has 0 bridgehead atoms. The van der Waals surface area contributed by atoms with E-state index in [4.69, 9.17) is 5.73 Å². The number of Topliss-reactive ketones (excluding diaryl/α,β-unsaturated/α-hetero) is 3. The maximum absolute atomic E-state index is 12.7. The van der Waals surface area contributed by atoms with Crippen molar-refractivity contribution >= 4 is 23.3 Å². The first kappa shape index (κ1) is 27.6. The van der Waals surface area contributed by atoms with E-state index in [0.717, 1.165) is 0 Å². The minimum Gasteiger partial charge on any atom is -0.348 e. The van der Waals surface area contributed by atoms with Crippen molar-refractivity contribution in [3.63, 3.8) is 0 Å². The highest BCUT2D eigenvalue weighted by atomic mass is 16.2. The molecule has 1 rings (SSSR count). The monoisotopic (exact) mass is 449 g/mol. The van der Waals surface area contributed by atoms with Gasteiger partial charge in [0.05, 0.1) is 36.0 Å². The minimum atomic E-state index is -1.22. The summed E-state index contributed by atoms with van der Waals surface area (Å²) in [6, 6.07) is -1.09. The molecular formula is C22H37N6O4. The number of amides is 1. The topological polar surface area (TPSA) is 157 Å². The molecule has 179 valence electrons. The quantitative estimate of drug-likeness (QED) is 0.319. The van der Waals surface area contributed by atoms with Crippen molar-refractivity contribution in [1.29, 1.82) is 0 Å². The zero-order valence-electron chi connectivity index (χ0n) is 20.1. The molecule has 1 radical (unpaired) electrons. The lowest BCUT2D eigenvalue weighted by Gasteiger charge is -2.31. The summed E-state index contributed by atoms with van der Waals surface area (Å²) in [5.41, 5.74) is 5.61. The SMILES string of the molecule is CCC(=O)C(C)(C)NCC(=O)C(C)(C)NCC(=O)C(C)(C)NC(=O)[C@@H]([NH])Cc1cnc[nH]1. The van der Waals surface area contributed by atoms with Gasteiger partial charge in [0.1, 0.15) is 6.04 Å². The summed E-state index contributed by atoms with van der Waals surface area (Å²) in [5.74, 6) is -1.09. The molecule has 0 saturated carbocycles. The van der Waals surface area contributed by atoms with Crippen LogP contribution in [0.2, 0.25) is 0 Å². The van der Waals surface area contributed by atoms with Crippen LogP contribution in [-0.2, 0) is 25.6 Å². The van der Waals surface area contributed by atoms with Crippen LogP contribution in [0.4, 0.5) is 0 Å². The Morgan fingerprint density at radius 1 is 0.938 bits per heavy atom. The summed E-state index contributed by atoms with van der Waals surface area (Å²) in [4.78, 5) is 56.4. The molecule has 1 heterocycles. The number of nitrogens with one attached hydrogen (secondary N) is 5. The Hall–Kier alpha value is -2.43. The van der Waals surface area contributed by atoms with Gasteiger partial charge in [-0.05, 0) is 41.5 Å². The molecule has 10 heteroatoms. The molecule has 0 aliphatic rings. The first-order valence-corrected chi connectivity index (χ1v) is 10.7. The van der Waals surface area contributed by atoms with Crippen LogP contribution in [0.15, 0.2) is 12.5 Å². The highest BCUT2D eigenvalue weighted by molar-refractivity contribution is 5.96. The van der Waals surface area contributed by atoms with E-state index in [1.807, 2.05) is 0 Å². The van der Waals surface area contributed by atoms with Crippen LogP contribution in [0.1, 0.15) is 60.6 Å². The number of aromatic amines is 1. The zero-order chi connectivity index (χ0) is 24.7. The summed E-state index contributed by atoms with van der Waals surface area (Å²) in [5, 5.41) is 8.54. The Bertz CT molecular complexity index is 814. The molecule has 32 heavy (non-hydrogen) atoms. The molecule has 1 aromatic heterocycles. The summed E-state index contributed by atoms with van der Waals surface area (Å²) in [7, 11) is 0. The Morgan fingerprint density at radius 2 is 1.44 bits per heavy atom. The average Bonchev–Trinajstić information content (AvgIpc) is 3.21. The third-order valence-electron chi connectivity index (χ3n) is 5.53. The smallest absolute Gasteiger partial charge is 0.239 e. The molecule has 5 N–H and O–H groups in total. The van der Waals surface area contributed by atoms with Gasteiger partial charge in [-0.3, -0.25) is 29.8 Å². The summed E-state index contributed by atoms with van der Waals surface area (Å²) >= 11 is 0. The van der Waals surface area contributed by atoms with Gasteiger partial charge >= 0.3 is 0 Å². The lowest BCUT2D eigenvalue weighted by Crippen LogP contribution is -2.59. The van der Waals surface area contributed by atoms with Gasteiger partial charge in [0, 0.05) is 24.7 Å². The first-order chi connectivity index (χ1) is 14.6. The lowest BCUT2D eigenvalue weighted by atomic mass is 9.93. The number of carbonyl (C=O) groups excluding carboxylic acids is 4. The minimum absolute atomic E-state index is 0.00367. The normalized spacial score (nSPS) is 13.5. The number of hydrogen-bond donors (Lipinski definition) is 4. The maximum atomic E-state index is 12.7. The van der Waals surface area contributed by atoms with Gasteiger partial charge in [-0.1, -0.05) is 6.92 Å². The molecule has 0 aliphatic carbocycles. The van der Waals surface area contributed by atoms with Crippen LogP contribution in [0, 0.1) is 0 Å². The Kier molecular flexibility index (Phi) is 9.43. The number of ketones is 3. The van der Waals surface area contributed by atoms with Crippen LogP contribution >= 0.6 is 0 Å². The van der Waals surface area contributed by atoms with Gasteiger partial charge in [0.15, 0.2) is 17.3 Å². The van der Waals surface area contributed by atoms with E-state index in [9.17, 15) is 19.2 Å². The predicted octanol–water partition coefficient (Wildman–Crippen LogP) is 0.352. The molecule has 1 atom stereocenters. The van der Waals surface area contributed by atoms with Crippen molar-refractivity contribution in [2.24, 2.45) is 0 Å². The number of imidazole rings is 1. The fourth-order valence-electron chi connectivity index (χ4n) is 2.86. The Morgan fingerprint density at radius 3 is 1.91 bits per heavy atom. The molecule has 1 amide bonds. The van der Waals surface area contributed by atoms with Crippen LogP contribution in [0.25, 0.3) is 0 Å². The van der Waals surface area contributed by atoms with Crippen molar-refractivity contribution in [3.05, 3.63) is 18.2 Å². The Balaban J connectivity index is 2.60. The van der Waals surface area contributed by atoms with E-state index in [1.165, 1.54) is 6.33 Å². The second-order valence-electron chi connectivity index (χ2n) is 9.53. The van der Waals surface area contributed by atoms with Gasteiger partial charge in [0.25, 0.3) is 0 Å². The highest BCUT2D eigenvalue weighted by Gasteiger charge is 2.35. The van der Waals surface area contributed by atoms with E-state index in [-0.39, 0.29) is 36.9 Å². The first-order valence-electron chi connectivity index (χ1n) is 10.7. The molecule has 1 aromatic rings. The van der Waals surface area contributed by atoms with Crippen molar-refractivity contribution in [3.8, 4) is 0 Å². The van der Waals surface area contributed by atoms with E-state index in [1.54, 1.807) is 54.7 Å². The van der Waals surface area contributed by atoms with Gasteiger partial charge in [-0.2, -0.15) is 0 Å². The molecule has 0 unspecified atom stereocenters. The molecule has 0 saturated heterocycles.